The second-order valence-electron chi connectivity index (χ2n) is 8.13. The van der Waals surface area contributed by atoms with E-state index in [1.54, 1.807) is 35.2 Å². The summed E-state index contributed by atoms with van der Waals surface area (Å²) in [6.45, 7) is 4.03. The number of halogens is 1. The van der Waals surface area contributed by atoms with Crippen LogP contribution < -0.4 is 16.6 Å². The van der Waals surface area contributed by atoms with Gasteiger partial charge in [-0.15, -0.1) is 11.3 Å². The minimum absolute atomic E-state index is 0.160. The van der Waals surface area contributed by atoms with Crippen LogP contribution in [0.2, 0.25) is 5.02 Å². The lowest BCUT2D eigenvalue weighted by molar-refractivity contribution is 0.592. The van der Waals surface area contributed by atoms with Gasteiger partial charge in [0.1, 0.15) is 16.6 Å². The topological polar surface area (TPSA) is 112 Å². The summed E-state index contributed by atoms with van der Waals surface area (Å²) < 4.78 is 1.63. The molecule has 176 valence electrons. The molecule has 3 heterocycles. The first-order valence-corrected chi connectivity index (χ1v) is 12.3. The lowest BCUT2D eigenvalue weighted by Gasteiger charge is -2.25. The standard InChI is InChI=1S/C25H22ClN7OS/c1-14(15(2)30-21-17(13-29-25(27)32-21)23-28-11-12-35-23)22-31-19-10-6-9-18(26)20(19)24(34)33(22)16-7-4-3-5-8-16/h3-15H,1-2H3,(H3,27,29,30,32). The third kappa shape index (κ3) is 4.36. The molecule has 2 atom stereocenters. The first kappa shape index (κ1) is 22.9. The molecule has 0 saturated carbocycles. The molecule has 3 aromatic heterocycles. The number of nitrogens with zero attached hydrogens (tertiary/aromatic N) is 5. The summed E-state index contributed by atoms with van der Waals surface area (Å²) in [4.78, 5) is 31.5. The molecular weight excluding hydrogens is 482 g/mol. The Morgan fingerprint density at radius 1 is 1.06 bits per heavy atom. The van der Waals surface area contributed by atoms with E-state index in [4.69, 9.17) is 22.3 Å². The summed E-state index contributed by atoms with van der Waals surface area (Å²) in [5.74, 6) is 1.14. The molecule has 0 radical (unpaired) electrons. The summed E-state index contributed by atoms with van der Waals surface area (Å²) in [5.41, 5.74) is 7.71. The fourth-order valence-electron chi connectivity index (χ4n) is 3.92. The Labute approximate surface area is 210 Å². The van der Waals surface area contributed by atoms with Gasteiger partial charge in [0.05, 0.1) is 27.2 Å². The second-order valence-corrected chi connectivity index (χ2v) is 9.43. The zero-order valence-electron chi connectivity index (χ0n) is 19.0. The van der Waals surface area contributed by atoms with Crippen LogP contribution in [0.4, 0.5) is 11.8 Å². The molecule has 2 unspecified atom stereocenters. The van der Waals surface area contributed by atoms with Crippen LogP contribution >= 0.6 is 22.9 Å². The van der Waals surface area contributed by atoms with Crippen molar-refractivity contribution in [1.82, 2.24) is 24.5 Å². The smallest absolute Gasteiger partial charge is 0.267 e. The highest BCUT2D eigenvalue weighted by molar-refractivity contribution is 7.13. The van der Waals surface area contributed by atoms with Crippen molar-refractivity contribution < 1.29 is 0 Å². The minimum Gasteiger partial charge on any atom is -0.368 e. The quantitative estimate of drug-likeness (QED) is 0.330. The van der Waals surface area contributed by atoms with Gasteiger partial charge in [-0.3, -0.25) is 9.36 Å². The van der Waals surface area contributed by atoms with Gasteiger partial charge >= 0.3 is 0 Å². The summed E-state index contributed by atoms with van der Waals surface area (Å²) in [5, 5.41) is 6.89. The highest BCUT2D eigenvalue weighted by Gasteiger charge is 2.25. The molecule has 2 aromatic carbocycles. The molecule has 35 heavy (non-hydrogen) atoms. The monoisotopic (exact) mass is 503 g/mol. The first-order valence-electron chi connectivity index (χ1n) is 11.0. The Morgan fingerprint density at radius 3 is 2.60 bits per heavy atom. The molecule has 0 fully saturated rings. The van der Waals surface area contributed by atoms with Crippen LogP contribution in [0, 0.1) is 0 Å². The third-order valence-corrected chi connectivity index (χ3v) is 7.00. The fourth-order valence-corrected chi connectivity index (χ4v) is 4.82. The molecule has 0 spiro atoms. The lowest BCUT2D eigenvalue weighted by Crippen LogP contribution is -2.31. The zero-order chi connectivity index (χ0) is 24.5. The number of hydrogen-bond donors (Lipinski definition) is 2. The SMILES string of the molecule is CC(Nc1nc(N)ncc1-c1nccs1)C(C)c1nc2cccc(Cl)c2c(=O)n1-c1ccccc1. The van der Waals surface area contributed by atoms with Crippen LogP contribution in [-0.4, -0.2) is 30.5 Å². The molecule has 0 saturated heterocycles. The summed E-state index contributed by atoms with van der Waals surface area (Å²) >= 11 is 7.90. The molecule has 0 aliphatic rings. The van der Waals surface area contributed by atoms with Crippen molar-refractivity contribution in [3.05, 3.63) is 87.5 Å². The lowest BCUT2D eigenvalue weighted by atomic mass is 10.0. The number of aromatic nitrogens is 5. The highest BCUT2D eigenvalue weighted by Crippen LogP contribution is 2.31. The van der Waals surface area contributed by atoms with E-state index in [9.17, 15) is 4.79 Å². The van der Waals surface area contributed by atoms with Crippen LogP contribution in [0.1, 0.15) is 25.6 Å². The Kier molecular flexibility index (Phi) is 6.19. The van der Waals surface area contributed by atoms with Gasteiger partial charge < -0.3 is 11.1 Å². The van der Waals surface area contributed by atoms with Crippen LogP contribution in [-0.2, 0) is 0 Å². The van der Waals surface area contributed by atoms with Gasteiger partial charge in [0, 0.05) is 29.7 Å². The normalized spacial score (nSPS) is 13.0. The van der Waals surface area contributed by atoms with E-state index in [1.165, 1.54) is 11.3 Å². The molecule has 5 rings (SSSR count). The Balaban J connectivity index is 1.61. The second kappa shape index (κ2) is 9.44. The maximum atomic E-state index is 13.7. The number of nitrogens with one attached hydrogen (secondary N) is 1. The number of benzene rings is 2. The van der Waals surface area contributed by atoms with E-state index < -0.39 is 0 Å². The van der Waals surface area contributed by atoms with Gasteiger partial charge in [-0.05, 0) is 31.2 Å². The van der Waals surface area contributed by atoms with E-state index in [1.807, 2.05) is 49.6 Å². The average molecular weight is 504 g/mol. The number of anilines is 2. The van der Waals surface area contributed by atoms with E-state index in [0.29, 0.717) is 27.6 Å². The molecule has 8 nitrogen and oxygen atoms in total. The van der Waals surface area contributed by atoms with Gasteiger partial charge in [0.15, 0.2) is 0 Å². The predicted octanol–water partition coefficient (Wildman–Crippen LogP) is 5.14. The van der Waals surface area contributed by atoms with E-state index >= 15 is 0 Å². The molecule has 5 aromatic rings. The molecule has 0 aliphatic carbocycles. The van der Waals surface area contributed by atoms with Gasteiger partial charge in [0.2, 0.25) is 5.95 Å². The zero-order valence-corrected chi connectivity index (χ0v) is 20.6. The van der Waals surface area contributed by atoms with Gasteiger partial charge in [-0.25, -0.2) is 15.0 Å². The van der Waals surface area contributed by atoms with E-state index in [0.717, 1.165) is 16.3 Å². The number of fused-ring (bicyclic) bond motifs is 1. The van der Waals surface area contributed by atoms with Crippen LogP contribution in [0.3, 0.4) is 0 Å². The first-order chi connectivity index (χ1) is 16.9. The van der Waals surface area contributed by atoms with Crippen LogP contribution in [0.5, 0.6) is 0 Å². The van der Waals surface area contributed by atoms with Gasteiger partial charge in [-0.2, -0.15) is 4.98 Å². The van der Waals surface area contributed by atoms with Crippen molar-refractivity contribution in [1.29, 1.82) is 0 Å². The largest absolute Gasteiger partial charge is 0.368 e. The molecule has 3 N–H and O–H groups in total. The molecule has 0 aliphatic heterocycles. The summed E-state index contributed by atoms with van der Waals surface area (Å²) in [7, 11) is 0. The number of thiazole rings is 1. The molecular formula is C25H22ClN7OS. The number of para-hydroxylation sites is 1. The Hall–Kier alpha value is -3.82. The minimum atomic E-state index is -0.212. The molecule has 10 heteroatoms. The van der Waals surface area contributed by atoms with Crippen molar-refractivity contribution >= 4 is 45.6 Å². The van der Waals surface area contributed by atoms with Crippen molar-refractivity contribution in [3.63, 3.8) is 0 Å². The number of rotatable bonds is 6. The molecule has 0 amide bonds. The van der Waals surface area contributed by atoms with Gasteiger partial charge in [-0.1, -0.05) is 42.8 Å². The Morgan fingerprint density at radius 2 is 1.86 bits per heavy atom. The van der Waals surface area contributed by atoms with Crippen molar-refractivity contribution in [2.24, 2.45) is 0 Å². The third-order valence-electron chi connectivity index (χ3n) is 5.88. The average Bonchev–Trinajstić information content (AvgIpc) is 3.39. The summed E-state index contributed by atoms with van der Waals surface area (Å²) in [6, 6.07) is 14.6. The van der Waals surface area contributed by atoms with Crippen LogP contribution in [0.25, 0.3) is 27.2 Å². The number of hydrogen-bond acceptors (Lipinski definition) is 8. The van der Waals surface area contributed by atoms with Crippen molar-refractivity contribution in [3.8, 4) is 16.3 Å². The van der Waals surface area contributed by atoms with Crippen molar-refractivity contribution in [2.75, 3.05) is 11.1 Å². The van der Waals surface area contributed by atoms with E-state index in [2.05, 4.69) is 20.3 Å². The number of nitrogen functional groups attached to an aromatic ring is 1. The van der Waals surface area contributed by atoms with Crippen LogP contribution in [0.15, 0.2) is 71.1 Å². The maximum absolute atomic E-state index is 13.7. The summed E-state index contributed by atoms with van der Waals surface area (Å²) in [6.07, 6.45) is 3.39. The van der Waals surface area contributed by atoms with Gasteiger partial charge in [0.25, 0.3) is 5.56 Å². The maximum Gasteiger partial charge on any atom is 0.267 e. The number of nitrogens with two attached hydrogens (primary N) is 1. The highest BCUT2D eigenvalue weighted by atomic mass is 35.5. The predicted molar refractivity (Wildman–Crippen MR) is 141 cm³/mol. The molecule has 0 bridgehead atoms. The fraction of sp³-hybridized carbons (Fsp3) is 0.160. The van der Waals surface area contributed by atoms with Crippen molar-refractivity contribution in [2.45, 2.75) is 25.8 Å². The van der Waals surface area contributed by atoms with E-state index in [-0.39, 0.29) is 23.5 Å². The Bertz CT molecular complexity index is 1550.